The smallest absolute Gasteiger partial charge is 0.319 e. The summed E-state index contributed by atoms with van der Waals surface area (Å²) in [7, 11) is 3.40. The van der Waals surface area contributed by atoms with Crippen molar-refractivity contribution in [2.75, 3.05) is 40.3 Å². The van der Waals surface area contributed by atoms with Gasteiger partial charge in [-0.25, -0.2) is 14.5 Å². The predicted molar refractivity (Wildman–Crippen MR) is 156 cm³/mol. The van der Waals surface area contributed by atoms with E-state index in [0.717, 1.165) is 37.1 Å². The third kappa shape index (κ3) is 5.25. The average Bonchev–Trinajstić information content (AvgIpc) is 3.70. The summed E-state index contributed by atoms with van der Waals surface area (Å²) in [5.74, 6) is 0.0580. The number of hydrogen-bond acceptors (Lipinski definition) is 7. The molecule has 12 heteroatoms. The Kier molecular flexibility index (Phi) is 7.23. The number of amides is 3. The van der Waals surface area contributed by atoms with Gasteiger partial charge in [0.2, 0.25) is 0 Å². The zero-order chi connectivity index (χ0) is 29.4. The van der Waals surface area contributed by atoms with Gasteiger partial charge in [0.05, 0.1) is 30.2 Å². The van der Waals surface area contributed by atoms with Gasteiger partial charge in [-0.05, 0) is 49.4 Å². The molecule has 0 unspecified atom stereocenters. The van der Waals surface area contributed by atoms with Crippen LogP contribution in [-0.2, 0) is 6.54 Å². The topological polar surface area (TPSA) is 130 Å². The van der Waals surface area contributed by atoms with Crippen LogP contribution >= 0.6 is 0 Å². The van der Waals surface area contributed by atoms with Crippen LogP contribution in [0.1, 0.15) is 36.0 Å². The fourth-order valence-electron chi connectivity index (χ4n) is 5.73. The molecule has 218 valence electrons. The van der Waals surface area contributed by atoms with Crippen LogP contribution in [0.25, 0.3) is 27.8 Å². The SMILES string of the molecule is CN(C)C(=O)N1CCC(O)(Cn2cnc3c(cnn3-c3cncc(-c4ccc(C(=O)N5CCCC5)cc4)c3)c2=O)CC1. The van der Waals surface area contributed by atoms with E-state index < -0.39 is 5.60 Å². The molecule has 5 heterocycles. The third-order valence-electron chi connectivity index (χ3n) is 8.19. The first-order valence-electron chi connectivity index (χ1n) is 14.2. The van der Waals surface area contributed by atoms with Gasteiger partial charge >= 0.3 is 6.03 Å². The van der Waals surface area contributed by atoms with Crippen molar-refractivity contribution in [2.45, 2.75) is 37.8 Å². The lowest BCUT2D eigenvalue weighted by Crippen LogP contribution is -2.51. The van der Waals surface area contributed by atoms with E-state index in [9.17, 15) is 19.5 Å². The maximum absolute atomic E-state index is 13.4. The molecule has 6 rings (SSSR count). The van der Waals surface area contributed by atoms with E-state index in [2.05, 4.69) is 15.1 Å². The Labute approximate surface area is 242 Å². The molecule has 0 bridgehead atoms. The number of pyridine rings is 1. The molecular weight excluding hydrogens is 536 g/mol. The normalized spacial score (nSPS) is 16.6. The second kappa shape index (κ2) is 11.0. The number of hydrogen-bond donors (Lipinski definition) is 1. The first-order valence-corrected chi connectivity index (χ1v) is 14.2. The number of nitrogens with zero attached hydrogens (tertiary/aromatic N) is 8. The quantitative estimate of drug-likeness (QED) is 0.390. The Morgan fingerprint density at radius 3 is 2.36 bits per heavy atom. The molecule has 12 nitrogen and oxygen atoms in total. The van der Waals surface area contributed by atoms with Crippen molar-refractivity contribution >= 4 is 23.0 Å². The van der Waals surface area contributed by atoms with Crippen LogP contribution in [-0.4, -0.2) is 102 Å². The largest absolute Gasteiger partial charge is 0.388 e. The summed E-state index contributed by atoms with van der Waals surface area (Å²) in [4.78, 5) is 52.3. The van der Waals surface area contributed by atoms with Gasteiger partial charge in [-0.15, -0.1) is 0 Å². The number of benzene rings is 1. The summed E-state index contributed by atoms with van der Waals surface area (Å²) in [5, 5.41) is 16.0. The second-order valence-corrected chi connectivity index (χ2v) is 11.4. The van der Waals surface area contributed by atoms with Gasteiger partial charge in [-0.2, -0.15) is 5.10 Å². The van der Waals surface area contributed by atoms with E-state index in [0.29, 0.717) is 48.2 Å². The molecule has 4 aromatic rings. The molecule has 0 saturated carbocycles. The Balaban J connectivity index is 1.20. The summed E-state index contributed by atoms with van der Waals surface area (Å²) in [5.41, 5.74) is 2.02. The van der Waals surface area contributed by atoms with E-state index in [1.165, 1.54) is 22.0 Å². The number of urea groups is 1. The van der Waals surface area contributed by atoms with Crippen molar-refractivity contribution in [2.24, 2.45) is 0 Å². The van der Waals surface area contributed by atoms with E-state index in [1.807, 2.05) is 35.2 Å². The molecule has 1 aromatic carbocycles. The average molecular weight is 571 g/mol. The third-order valence-corrected chi connectivity index (χ3v) is 8.19. The molecule has 0 radical (unpaired) electrons. The van der Waals surface area contributed by atoms with E-state index >= 15 is 0 Å². The fraction of sp³-hybridized carbons (Fsp3) is 0.400. The van der Waals surface area contributed by atoms with Crippen LogP contribution in [0.4, 0.5) is 4.79 Å². The van der Waals surface area contributed by atoms with Crippen LogP contribution in [0.15, 0.2) is 60.0 Å². The minimum atomic E-state index is -1.12. The number of aliphatic hydroxyl groups is 1. The van der Waals surface area contributed by atoms with Crippen molar-refractivity contribution in [1.82, 2.24) is 39.0 Å². The first kappa shape index (κ1) is 27.6. The molecule has 0 spiro atoms. The Bertz CT molecular complexity index is 1680. The van der Waals surface area contributed by atoms with Gasteiger partial charge in [0.15, 0.2) is 5.65 Å². The highest BCUT2D eigenvalue weighted by Crippen LogP contribution is 2.26. The van der Waals surface area contributed by atoms with Crippen LogP contribution in [0.3, 0.4) is 0 Å². The van der Waals surface area contributed by atoms with Gasteiger partial charge in [0, 0.05) is 57.6 Å². The van der Waals surface area contributed by atoms with Crippen LogP contribution in [0.5, 0.6) is 0 Å². The Hall–Kier alpha value is -4.58. The molecule has 2 saturated heterocycles. The van der Waals surface area contributed by atoms with Crippen molar-refractivity contribution in [3.63, 3.8) is 0 Å². The molecule has 0 aliphatic carbocycles. The van der Waals surface area contributed by atoms with Crippen LogP contribution in [0.2, 0.25) is 0 Å². The maximum atomic E-state index is 13.4. The van der Waals surface area contributed by atoms with Gasteiger partial charge in [-0.3, -0.25) is 19.1 Å². The first-order chi connectivity index (χ1) is 20.2. The minimum absolute atomic E-state index is 0.0580. The van der Waals surface area contributed by atoms with Crippen molar-refractivity contribution in [1.29, 1.82) is 0 Å². The number of fused-ring (bicyclic) bond motifs is 1. The number of rotatable bonds is 5. The molecule has 3 aromatic heterocycles. The highest BCUT2D eigenvalue weighted by molar-refractivity contribution is 5.95. The minimum Gasteiger partial charge on any atom is -0.388 e. The molecule has 2 aliphatic heterocycles. The van der Waals surface area contributed by atoms with Gasteiger partial charge in [0.1, 0.15) is 11.7 Å². The lowest BCUT2D eigenvalue weighted by molar-refractivity contribution is -0.0282. The zero-order valence-corrected chi connectivity index (χ0v) is 23.8. The molecular formula is C30H34N8O4. The second-order valence-electron chi connectivity index (χ2n) is 11.4. The van der Waals surface area contributed by atoms with E-state index in [-0.39, 0.29) is 24.0 Å². The highest BCUT2D eigenvalue weighted by Gasteiger charge is 2.35. The van der Waals surface area contributed by atoms with Crippen LogP contribution in [0, 0.1) is 0 Å². The summed E-state index contributed by atoms with van der Waals surface area (Å²) in [6.45, 7) is 2.52. The lowest BCUT2D eigenvalue weighted by atomic mass is 9.91. The Morgan fingerprint density at radius 1 is 0.952 bits per heavy atom. The molecule has 2 aliphatic rings. The standard InChI is InChI=1S/C30H34N8O4/c1-34(2)29(41)36-13-9-30(42,10-14-36)19-37-20-32-26-25(28(37)40)18-33-38(26)24-15-23(16-31-17-24)21-5-7-22(8-6-21)27(39)35-11-3-4-12-35/h5-8,15-18,20,42H,3-4,9-14,19H2,1-2H3. The van der Waals surface area contributed by atoms with Crippen LogP contribution < -0.4 is 5.56 Å². The molecule has 3 amide bonds. The number of likely N-dealkylation sites (tertiary alicyclic amines) is 2. The molecule has 1 N–H and O–H groups in total. The predicted octanol–water partition coefficient (Wildman–Crippen LogP) is 2.39. The summed E-state index contributed by atoms with van der Waals surface area (Å²) < 4.78 is 2.99. The zero-order valence-electron chi connectivity index (χ0n) is 23.8. The number of carbonyl (C=O) groups excluding carboxylic acids is 2. The maximum Gasteiger partial charge on any atom is 0.319 e. The summed E-state index contributed by atoms with van der Waals surface area (Å²) in [6, 6.07) is 9.33. The van der Waals surface area contributed by atoms with E-state index in [1.54, 1.807) is 36.1 Å². The van der Waals surface area contributed by atoms with Crippen molar-refractivity contribution in [3.05, 3.63) is 71.2 Å². The molecule has 42 heavy (non-hydrogen) atoms. The fourth-order valence-corrected chi connectivity index (χ4v) is 5.73. The van der Waals surface area contributed by atoms with Gasteiger partial charge in [0.25, 0.3) is 11.5 Å². The Morgan fingerprint density at radius 2 is 1.67 bits per heavy atom. The van der Waals surface area contributed by atoms with Gasteiger partial charge < -0.3 is 19.8 Å². The summed E-state index contributed by atoms with van der Waals surface area (Å²) >= 11 is 0. The molecule has 2 fully saturated rings. The summed E-state index contributed by atoms with van der Waals surface area (Å²) in [6.07, 6.45) is 9.14. The van der Waals surface area contributed by atoms with Crippen molar-refractivity contribution < 1.29 is 14.7 Å². The monoisotopic (exact) mass is 570 g/mol. The highest BCUT2D eigenvalue weighted by atomic mass is 16.3. The van der Waals surface area contributed by atoms with Crippen molar-refractivity contribution in [3.8, 4) is 16.8 Å². The number of aromatic nitrogens is 5. The molecule has 0 atom stereocenters. The van der Waals surface area contributed by atoms with Gasteiger partial charge in [-0.1, -0.05) is 12.1 Å². The van der Waals surface area contributed by atoms with E-state index in [4.69, 9.17) is 0 Å². The number of carbonyl (C=O) groups is 2. The lowest BCUT2D eigenvalue weighted by Gasteiger charge is -2.39. The number of piperidine rings is 1.